The third-order valence-corrected chi connectivity index (χ3v) is 5.30. The molecule has 0 unspecified atom stereocenters. The molecule has 0 N–H and O–H groups in total. The zero-order valence-corrected chi connectivity index (χ0v) is 16.2. The SMILES string of the molecule is CCCCCCCCSc1ccc(C=CC(=O)c2ccc(F)cc2)cc1. The monoisotopic (exact) mass is 370 g/mol. The molecule has 0 bridgehead atoms. The van der Waals surface area contributed by atoms with Crippen molar-refractivity contribution >= 4 is 23.6 Å². The highest BCUT2D eigenvalue weighted by atomic mass is 32.2. The van der Waals surface area contributed by atoms with E-state index in [1.54, 1.807) is 6.08 Å². The molecule has 0 heterocycles. The van der Waals surface area contributed by atoms with Gasteiger partial charge in [-0.2, -0.15) is 0 Å². The highest BCUT2D eigenvalue weighted by Crippen LogP contribution is 2.21. The molecule has 2 aromatic rings. The number of rotatable bonds is 11. The van der Waals surface area contributed by atoms with Gasteiger partial charge in [0.2, 0.25) is 0 Å². The molecular weight excluding hydrogens is 343 g/mol. The third-order valence-electron chi connectivity index (χ3n) is 4.20. The second-order valence-electron chi connectivity index (χ2n) is 6.39. The van der Waals surface area contributed by atoms with E-state index in [4.69, 9.17) is 0 Å². The van der Waals surface area contributed by atoms with Crippen molar-refractivity contribution in [1.29, 1.82) is 0 Å². The van der Waals surface area contributed by atoms with Gasteiger partial charge >= 0.3 is 0 Å². The van der Waals surface area contributed by atoms with E-state index in [1.807, 2.05) is 23.9 Å². The zero-order valence-electron chi connectivity index (χ0n) is 15.4. The van der Waals surface area contributed by atoms with Gasteiger partial charge in [-0.3, -0.25) is 4.79 Å². The molecule has 0 atom stereocenters. The van der Waals surface area contributed by atoms with Gasteiger partial charge in [0.1, 0.15) is 5.82 Å². The molecule has 2 aromatic carbocycles. The van der Waals surface area contributed by atoms with Gasteiger partial charge < -0.3 is 0 Å². The number of ketones is 1. The molecule has 0 aliphatic carbocycles. The Hall–Kier alpha value is -1.87. The largest absolute Gasteiger partial charge is 0.289 e. The maximum atomic E-state index is 12.9. The van der Waals surface area contributed by atoms with Crippen LogP contribution in [0.1, 0.15) is 61.4 Å². The number of hydrogen-bond donors (Lipinski definition) is 0. The summed E-state index contributed by atoms with van der Waals surface area (Å²) in [6, 6.07) is 13.9. The highest BCUT2D eigenvalue weighted by Gasteiger charge is 2.01. The lowest BCUT2D eigenvalue weighted by Gasteiger charge is -2.03. The Morgan fingerprint density at radius 2 is 1.58 bits per heavy atom. The van der Waals surface area contributed by atoms with Crippen LogP contribution in [0.5, 0.6) is 0 Å². The molecule has 3 heteroatoms. The van der Waals surface area contributed by atoms with Crippen molar-refractivity contribution in [2.75, 3.05) is 5.75 Å². The van der Waals surface area contributed by atoms with Crippen LogP contribution in [0.15, 0.2) is 59.5 Å². The van der Waals surface area contributed by atoms with E-state index < -0.39 is 0 Å². The van der Waals surface area contributed by atoms with Gasteiger partial charge in [0.25, 0.3) is 0 Å². The van der Waals surface area contributed by atoms with Gasteiger partial charge in [0.15, 0.2) is 5.78 Å². The Labute approximate surface area is 160 Å². The van der Waals surface area contributed by atoms with Gasteiger partial charge in [0.05, 0.1) is 0 Å². The van der Waals surface area contributed by atoms with Crippen LogP contribution in [0.2, 0.25) is 0 Å². The lowest BCUT2D eigenvalue weighted by molar-refractivity contribution is 0.104. The molecule has 1 nitrogen and oxygen atoms in total. The average Bonchev–Trinajstić information content (AvgIpc) is 2.67. The van der Waals surface area contributed by atoms with Crippen LogP contribution < -0.4 is 0 Å². The number of unbranched alkanes of at least 4 members (excludes halogenated alkanes) is 5. The van der Waals surface area contributed by atoms with Gasteiger partial charge in [0, 0.05) is 10.5 Å². The Morgan fingerprint density at radius 1 is 0.923 bits per heavy atom. The normalized spacial score (nSPS) is 11.2. The van der Waals surface area contributed by atoms with Gasteiger partial charge in [-0.15, -0.1) is 11.8 Å². The van der Waals surface area contributed by atoms with Crippen LogP contribution in [-0.4, -0.2) is 11.5 Å². The first kappa shape index (κ1) is 20.4. The van der Waals surface area contributed by atoms with Crippen molar-refractivity contribution < 1.29 is 9.18 Å². The van der Waals surface area contributed by atoms with E-state index in [-0.39, 0.29) is 11.6 Å². The second kappa shape index (κ2) is 11.7. The van der Waals surface area contributed by atoms with E-state index in [0.29, 0.717) is 5.56 Å². The van der Waals surface area contributed by atoms with E-state index in [2.05, 4.69) is 19.1 Å². The van der Waals surface area contributed by atoms with Crippen molar-refractivity contribution in [1.82, 2.24) is 0 Å². The molecule has 138 valence electrons. The minimum atomic E-state index is -0.334. The molecule has 0 aliphatic rings. The maximum Gasteiger partial charge on any atom is 0.185 e. The van der Waals surface area contributed by atoms with Crippen molar-refractivity contribution in [3.05, 3.63) is 71.6 Å². The lowest BCUT2D eigenvalue weighted by atomic mass is 10.1. The summed E-state index contributed by atoms with van der Waals surface area (Å²) in [4.78, 5) is 13.3. The summed E-state index contributed by atoms with van der Waals surface area (Å²) in [6.07, 6.45) is 11.3. The molecule has 0 saturated carbocycles. The predicted octanol–water partition coefficient (Wildman–Crippen LogP) is 7.17. The molecule has 0 fully saturated rings. The Kier molecular flexibility index (Phi) is 9.19. The van der Waals surface area contributed by atoms with Crippen molar-refractivity contribution in [3.8, 4) is 0 Å². The average molecular weight is 371 g/mol. The lowest BCUT2D eigenvalue weighted by Crippen LogP contribution is -1.93. The quantitative estimate of drug-likeness (QED) is 0.180. The number of allylic oxidation sites excluding steroid dienone is 1. The van der Waals surface area contributed by atoms with Crippen LogP contribution in [0.4, 0.5) is 4.39 Å². The minimum absolute atomic E-state index is 0.119. The fourth-order valence-corrected chi connectivity index (χ4v) is 3.54. The fourth-order valence-electron chi connectivity index (χ4n) is 2.63. The molecule has 0 saturated heterocycles. The summed E-state index contributed by atoms with van der Waals surface area (Å²) in [5, 5.41) is 0. The molecule has 2 rings (SSSR count). The highest BCUT2D eigenvalue weighted by molar-refractivity contribution is 7.99. The number of carbonyl (C=O) groups excluding carboxylic acids is 1. The molecule has 0 spiro atoms. The van der Waals surface area contributed by atoms with Crippen LogP contribution >= 0.6 is 11.8 Å². The summed E-state index contributed by atoms with van der Waals surface area (Å²) in [5.41, 5.74) is 1.48. The number of thioether (sulfide) groups is 1. The van der Waals surface area contributed by atoms with Crippen molar-refractivity contribution in [2.45, 2.75) is 50.3 Å². The maximum absolute atomic E-state index is 12.9. The molecule has 0 aliphatic heterocycles. The molecular formula is C23H27FOS. The van der Waals surface area contributed by atoms with Crippen molar-refractivity contribution in [3.63, 3.8) is 0 Å². The first-order valence-electron chi connectivity index (χ1n) is 9.40. The number of halogens is 1. The molecule has 26 heavy (non-hydrogen) atoms. The van der Waals surface area contributed by atoms with E-state index >= 15 is 0 Å². The van der Waals surface area contributed by atoms with E-state index in [1.165, 1.54) is 73.8 Å². The second-order valence-corrected chi connectivity index (χ2v) is 7.56. The van der Waals surface area contributed by atoms with Crippen LogP contribution in [0.3, 0.4) is 0 Å². The number of hydrogen-bond acceptors (Lipinski definition) is 2. The first-order chi connectivity index (χ1) is 12.7. The topological polar surface area (TPSA) is 17.1 Å². The van der Waals surface area contributed by atoms with E-state index in [9.17, 15) is 9.18 Å². The molecule has 0 radical (unpaired) electrons. The molecule has 0 amide bonds. The Balaban J connectivity index is 1.74. The summed E-state index contributed by atoms with van der Waals surface area (Å²) < 4.78 is 12.9. The van der Waals surface area contributed by atoms with Gasteiger partial charge in [-0.05, 0) is 60.2 Å². The summed E-state index contributed by atoms with van der Waals surface area (Å²) in [6.45, 7) is 2.24. The van der Waals surface area contributed by atoms with E-state index in [0.717, 1.165) is 11.3 Å². The fraction of sp³-hybridized carbons (Fsp3) is 0.348. The van der Waals surface area contributed by atoms with Crippen LogP contribution in [0, 0.1) is 5.82 Å². The van der Waals surface area contributed by atoms with Gasteiger partial charge in [-0.1, -0.05) is 57.2 Å². The number of benzene rings is 2. The number of carbonyl (C=O) groups is 1. The molecule has 0 aromatic heterocycles. The summed E-state index contributed by atoms with van der Waals surface area (Å²) in [7, 11) is 0. The van der Waals surface area contributed by atoms with Crippen molar-refractivity contribution in [2.24, 2.45) is 0 Å². The Morgan fingerprint density at radius 3 is 2.27 bits per heavy atom. The smallest absolute Gasteiger partial charge is 0.185 e. The third kappa shape index (κ3) is 7.57. The van der Waals surface area contributed by atoms with Gasteiger partial charge in [-0.25, -0.2) is 4.39 Å². The van der Waals surface area contributed by atoms with Crippen LogP contribution in [-0.2, 0) is 0 Å². The summed E-state index contributed by atoms with van der Waals surface area (Å²) in [5.74, 6) is 0.704. The van der Waals surface area contributed by atoms with Crippen LogP contribution in [0.25, 0.3) is 6.08 Å². The predicted molar refractivity (Wildman–Crippen MR) is 110 cm³/mol. The zero-order chi connectivity index (χ0) is 18.6. The standard InChI is InChI=1S/C23H27FOS/c1-2-3-4-5-6-7-18-26-22-15-8-19(9-16-22)10-17-23(25)20-11-13-21(24)14-12-20/h8-17H,2-7,18H2,1H3. The first-order valence-corrected chi connectivity index (χ1v) is 10.4. The Bertz CT molecular complexity index is 689. The minimum Gasteiger partial charge on any atom is -0.289 e. The summed E-state index contributed by atoms with van der Waals surface area (Å²) >= 11 is 1.89.